The van der Waals surface area contributed by atoms with Crippen LogP contribution in [0.15, 0.2) is 89.9 Å². The molecule has 2 spiro atoms. The molecule has 5 heterocycles. The number of carbonyl (C=O) groups excluding carboxylic acids is 3. The van der Waals surface area contributed by atoms with E-state index < -0.39 is 21.5 Å². The molecule has 2 N–H and O–H groups in total. The standard InChI is InChI=1S/C31H29N7O3S/c1-35-18-28(22-16-10-11-17-23(22)32-24(28)39)29(19-35)25(40)38-26(42-29)33-30(20-12-6-4-7-13-20)31(34-38,21-14-8-5-9-15-21)37(3)27(41)36(30)2/h4-17,34H,18-19H2,1-3H3,(H,32,39). The Morgan fingerprint density at radius 3 is 2.14 bits per heavy atom. The molecule has 0 aromatic heterocycles. The predicted molar refractivity (Wildman–Crippen MR) is 159 cm³/mol. The Morgan fingerprint density at radius 1 is 0.786 bits per heavy atom. The third kappa shape index (κ3) is 2.66. The van der Waals surface area contributed by atoms with E-state index in [1.165, 1.54) is 16.8 Å². The first-order chi connectivity index (χ1) is 20.2. The lowest BCUT2D eigenvalue weighted by atomic mass is 9.72. The Labute approximate surface area is 247 Å². The first kappa shape index (κ1) is 25.5. The van der Waals surface area contributed by atoms with Crippen molar-refractivity contribution in [2.75, 3.05) is 39.5 Å². The van der Waals surface area contributed by atoms with Crippen molar-refractivity contribution in [2.24, 2.45) is 4.99 Å². The summed E-state index contributed by atoms with van der Waals surface area (Å²) >= 11 is 1.33. The van der Waals surface area contributed by atoms with Crippen molar-refractivity contribution in [1.29, 1.82) is 0 Å². The van der Waals surface area contributed by atoms with E-state index in [1.807, 2.05) is 96.9 Å². The van der Waals surface area contributed by atoms with Gasteiger partial charge in [-0.15, -0.1) is 0 Å². The number of nitrogens with one attached hydrogen (secondary N) is 2. The van der Waals surface area contributed by atoms with Gasteiger partial charge in [0, 0.05) is 38.4 Å². The molecule has 5 aliphatic rings. The summed E-state index contributed by atoms with van der Waals surface area (Å²) in [4.78, 5) is 53.5. The second-order valence-electron chi connectivity index (χ2n) is 11.7. The van der Waals surface area contributed by atoms with Crippen LogP contribution in [0.5, 0.6) is 0 Å². The number of amidine groups is 1. The van der Waals surface area contributed by atoms with Gasteiger partial charge in [-0.1, -0.05) is 90.6 Å². The van der Waals surface area contributed by atoms with Crippen molar-refractivity contribution in [3.63, 3.8) is 0 Å². The normalized spacial score (nSPS) is 33.4. The summed E-state index contributed by atoms with van der Waals surface area (Å²) < 4.78 is -1.18. The highest BCUT2D eigenvalue weighted by molar-refractivity contribution is 8.16. The Balaban J connectivity index is 1.40. The minimum absolute atomic E-state index is 0.186. The van der Waals surface area contributed by atoms with Crippen LogP contribution >= 0.6 is 11.8 Å². The van der Waals surface area contributed by atoms with Gasteiger partial charge < -0.3 is 10.2 Å². The van der Waals surface area contributed by atoms with E-state index >= 15 is 0 Å². The van der Waals surface area contributed by atoms with Crippen LogP contribution in [-0.2, 0) is 26.3 Å². The molecule has 4 unspecified atom stereocenters. The number of likely N-dealkylation sites (tertiary alicyclic amines) is 1. The van der Waals surface area contributed by atoms with Gasteiger partial charge in [0.2, 0.25) is 11.6 Å². The van der Waals surface area contributed by atoms with E-state index in [2.05, 4.69) is 10.7 Å². The van der Waals surface area contributed by atoms with E-state index in [0.717, 1.165) is 22.4 Å². The van der Waals surface area contributed by atoms with Crippen LogP contribution in [0, 0.1) is 0 Å². The largest absolute Gasteiger partial charge is 0.325 e. The van der Waals surface area contributed by atoms with E-state index in [1.54, 1.807) is 23.9 Å². The number of likely N-dealkylation sites (N-methyl/N-ethyl adjacent to an activating group) is 3. The summed E-state index contributed by atoms with van der Waals surface area (Å²) in [7, 11) is 5.43. The number of carbonyl (C=O) groups is 3. The zero-order valence-electron chi connectivity index (χ0n) is 23.4. The number of nitrogens with zero attached hydrogens (tertiary/aromatic N) is 5. The van der Waals surface area contributed by atoms with Gasteiger partial charge in [0.05, 0.1) is 0 Å². The van der Waals surface area contributed by atoms with Gasteiger partial charge in [0.25, 0.3) is 5.91 Å². The van der Waals surface area contributed by atoms with E-state index in [9.17, 15) is 14.4 Å². The van der Waals surface area contributed by atoms with Gasteiger partial charge >= 0.3 is 6.03 Å². The van der Waals surface area contributed by atoms with Gasteiger partial charge in [0.15, 0.2) is 10.8 Å². The number of hydrogen-bond donors (Lipinski definition) is 2. The van der Waals surface area contributed by atoms with Gasteiger partial charge in [-0.25, -0.2) is 14.8 Å². The Hall–Kier alpha value is -4.19. The van der Waals surface area contributed by atoms with Crippen molar-refractivity contribution in [3.05, 3.63) is 102 Å². The molecule has 4 amide bonds. The average Bonchev–Trinajstić information content (AvgIpc) is 3.63. The van der Waals surface area contributed by atoms with Crippen LogP contribution in [0.2, 0.25) is 0 Å². The fourth-order valence-corrected chi connectivity index (χ4v) is 9.51. The zero-order chi connectivity index (χ0) is 29.1. The second-order valence-corrected chi connectivity index (χ2v) is 12.9. The van der Waals surface area contributed by atoms with Crippen molar-refractivity contribution in [2.45, 2.75) is 21.5 Å². The maximum absolute atomic E-state index is 14.9. The molecule has 0 saturated carbocycles. The molecular formula is C31H29N7O3S. The SMILES string of the molecule is CN1CC2(SC3=NC4(c5ccccc5)N(C)C(=O)N(C)C4(c4ccccc4)NN3C2=O)C2(C1)C(=O)Nc1ccccc12. The van der Waals surface area contributed by atoms with E-state index in [4.69, 9.17) is 4.99 Å². The highest BCUT2D eigenvalue weighted by Gasteiger charge is 2.77. The van der Waals surface area contributed by atoms with Crippen molar-refractivity contribution in [3.8, 4) is 0 Å². The Bertz CT molecular complexity index is 1720. The fourth-order valence-electron chi connectivity index (χ4n) is 7.90. The highest BCUT2D eigenvalue weighted by atomic mass is 32.2. The maximum Gasteiger partial charge on any atom is 0.323 e. The quantitative estimate of drug-likeness (QED) is 0.485. The van der Waals surface area contributed by atoms with Crippen molar-refractivity contribution in [1.82, 2.24) is 25.1 Å². The third-order valence-electron chi connectivity index (χ3n) is 9.68. The number of benzene rings is 3. The van der Waals surface area contributed by atoms with Crippen LogP contribution in [-0.4, -0.2) is 81.7 Å². The summed E-state index contributed by atoms with van der Waals surface area (Å²) in [5, 5.41) is 4.98. The van der Waals surface area contributed by atoms with Gasteiger partial charge in [-0.3, -0.25) is 19.4 Å². The van der Waals surface area contributed by atoms with Gasteiger partial charge in [-0.2, -0.15) is 5.43 Å². The number of rotatable bonds is 2. The Morgan fingerprint density at radius 2 is 1.43 bits per heavy atom. The number of para-hydroxylation sites is 1. The number of urea groups is 1. The molecular weight excluding hydrogens is 550 g/mol. The lowest BCUT2D eigenvalue weighted by Crippen LogP contribution is -2.72. The number of thioether (sulfide) groups is 1. The van der Waals surface area contributed by atoms with Crippen LogP contribution < -0.4 is 10.7 Å². The first-order valence-electron chi connectivity index (χ1n) is 13.9. The van der Waals surface area contributed by atoms with Crippen LogP contribution in [0.25, 0.3) is 0 Å². The van der Waals surface area contributed by atoms with Crippen molar-refractivity contribution < 1.29 is 14.4 Å². The summed E-state index contributed by atoms with van der Waals surface area (Å²) in [5.41, 5.74) is 3.02. The van der Waals surface area contributed by atoms with Crippen LogP contribution in [0.4, 0.5) is 10.5 Å². The Kier molecular flexibility index (Phi) is 4.99. The second kappa shape index (κ2) is 8.21. The van der Waals surface area contributed by atoms with Gasteiger partial charge in [0.1, 0.15) is 10.2 Å². The average molecular weight is 580 g/mol. The lowest BCUT2D eigenvalue weighted by Gasteiger charge is -2.51. The fraction of sp³-hybridized carbons (Fsp3) is 0.290. The molecule has 8 rings (SSSR count). The summed E-state index contributed by atoms with van der Waals surface area (Å²) in [5.74, 6) is -0.440. The van der Waals surface area contributed by atoms with Crippen LogP contribution in [0.1, 0.15) is 16.7 Å². The van der Waals surface area contributed by atoms with E-state index in [-0.39, 0.29) is 17.8 Å². The molecule has 0 aliphatic carbocycles. The van der Waals surface area contributed by atoms with Crippen LogP contribution in [0.3, 0.4) is 0 Å². The molecule has 3 aromatic carbocycles. The molecule has 10 nitrogen and oxygen atoms in total. The summed E-state index contributed by atoms with van der Waals surface area (Å²) in [6, 6.07) is 26.7. The monoisotopic (exact) mass is 579 g/mol. The summed E-state index contributed by atoms with van der Waals surface area (Å²) in [6.07, 6.45) is 0. The number of fused-ring (bicyclic) bond motifs is 5. The first-order valence-corrected chi connectivity index (χ1v) is 14.7. The molecule has 0 radical (unpaired) electrons. The predicted octanol–water partition coefficient (Wildman–Crippen LogP) is 2.71. The van der Waals surface area contributed by atoms with Crippen molar-refractivity contribution >= 4 is 40.5 Å². The summed E-state index contributed by atoms with van der Waals surface area (Å²) in [6.45, 7) is 0.748. The van der Waals surface area contributed by atoms with Gasteiger partial charge in [-0.05, 0) is 24.2 Å². The smallest absolute Gasteiger partial charge is 0.323 e. The molecule has 11 heteroatoms. The minimum atomic E-state index is -1.28. The molecule has 212 valence electrons. The molecule has 3 fully saturated rings. The topological polar surface area (TPSA) is 101 Å². The molecule has 42 heavy (non-hydrogen) atoms. The minimum Gasteiger partial charge on any atom is -0.325 e. The van der Waals surface area contributed by atoms with E-state index in [0.29, 0.717) is 18.3 Å². The number of aliphatic imine (C=N–C) groups is 1. The molecule has 4 atom stereocenters. The highest BCUT2D eigenvalue weighted by Crippen LogP contribution is 2.62. The number of hydrogen-bond acceptors (Lipinski definition) is 7. The lowest BCUT2D eigenvalue weighted by molar-refractivity contribution is -0.141. The molecule has 0 bridgehead atoms. The third-order valence-corrected chi connectivity index (χ3v) is 11.1. The molecule has 5 aliphatic heterocycles. The number of amides is 4. The zero-order valence-corrected chi connectivity index (χ0v) is 24.2. The molecule has 3 saturated heterocycles. The number of anilines is 1. The number of hydrazine groups is 1. The maximum atomic E-state index is 14.9. The molecule has 3 aromatic rings.